The molecule has 0 spiro atoms. The SMILES string of the molecule is COc1cc(Cl)[n+]2c(c1)-c1ccccc1CC2. The van der Waals surface area contributed by atoms with Crippen LogP contribution in [0.25, 0.3) is 11.3 Å². The molecule has 0 radical (unpaired) electrons. The molecular formula is C14H13ClNO+. The second-order valence-electron chi connectivity index (χ2n) is 4.16. The van der Waals surface area contributed by atoms with Crippen LogP contribution >= 0.6 is 11.6 Å². The zero-order chi connectivity index (χ0) is 11.8. The van der Waals surface area contributed by atoms with Gasteiger partial charge in [-0.05, 0) is 23.2 Å². The van der Waals surface area contributed by atoms with Crippen molar-refractivity contribution >= 4 is 11.6 Å². The van der Waals surface area contributed by atoms with Crippen molar-refractivity contribution in [3.63, 3.8) is 0 Å². The average molecular weight is 247 g/mol. The third kappa shape index (κ3) is 1.69. The Labute approximate surface area is 105 Å². The Balaban J connectivity index is 2.27. The van der Waals surface area contributed by atoms with Crippen LogP contribution in [0, 0.1) is 0 Å². The fourth-order valence-electron chi connectivity index (χ4n) is 2.35. The summed E-state index contributed by atoms with van der Waals surface area (Å²) in [5, 5.41) is 0.730. The lowest BCUT2D eigenvalue weighted by molar-refractivity contribution is -0.685. The van der Waals surface area contributed by atoms with Crippen molar-refractivity contribution in [2.45, 2.75) is 13.0 Å². The highest BCUT2D eigenvalue weighted by molar-refractivity contribution is 6.28. The van der Waals surface area contributed by atoms with Crippen LogP contribution in [-0.4, -0.2) is 7.11 Å². The second-order valence-corrected chi connectivity index (χ2v) is 4.55. The molecule has 0 N–H and O–H groups in total. The van der Waals surface area contributed by atoms with Gasteiger partial charge in [-0.3, -0.25) is 0 Å². The Morgan fingerprint density at radius 1 is 1.24 bits per heavy atom. The van der Waals surface area contributed by atoms with Gasteiger partial charge in [0.1, 0.15) is 5.75 Å². The van der Waals surface area contributed by atoms with E-state index in [0.717, 1.165) is 29.6 Å². The number of hydrogen-bond acceptors (Lipinski definition) is 1. The summed E-state index contributed by atoms with van der Waals surface area (Å²) in [5.41, 5.74) is 3.76. The molecule has 3 rings (SSSR count). The van der Waals surface area contributed by atoms with E-state index in [-0.39, 0.29) is 0 Å². The molecule has 1 aromatic carbocycles. The second kappa shape index (κ2) is 4.04. The summed E-state index contributed by atoms with van der Waals surface area (Å²) in [5.74, 6) is 0.804. The van der Waals surface area contributed by atoms with Crippen LogP contribution in [0.15, 0.2) is 36.4 Å². The largest absolute Gasteiger partial charge is 0.496 e. The Bertz CT molecular complexity index is 580. The maximum atomic E-state index is 6.28. The zero-order valence-corrected chi connectivity index (χ0v) is 10.4. The minimum atomic E-state index is 0.730. The number of hydrogen-bond donors (Lipinski definition) is 0. The lowest BCUT2D eigenvalue weighted by Gasteiger charge is -2.15. The molecule has 2 heterocycles. The van der Waals surface area contributed by atoms with Gasteiger partial charge in [-0.15, -0.1) is 0 Å². The molecule has 0 fully saturated rings. The minimum absolute atomic E-state index is 0.730. The van der Waals surface area contributed by atoms with Crippen molar-refractivity contribution in [3.8, 4) is 17.0 Å². The fourth-order valence-corrected chi connectivity index (χ4v) is 2.64. The van der Waals surface area contributed by atoms with Crippen LogP contribution in [0.1, 0.15) is 5.56 Å². The molecular weight excluding hydrogens is 234 g/mol. The number of pyridine rings is 1. The maximum Gasteiger partial charge on any atom is 0.279 e. The number of nitrogens with zero attached hydrogens (tertiary/aromatic N) is 1. The topological polar surface area (TPSA) is 13.1 Å². The van der Waals surface area contributed by atoms with Gasteiger partial charge in [0.25, 0.3) is 5.15 Å². The number of benzene rings is 1. The first-order chi connectivity index (χ1) is 8.29. The monoisotopic (exact) mass is 246 g/mol. The minimum Gasteiger partial charge on any atom is -0.496 e. The number of ether oxygens (including phenoxy) is 1. The summed E-state index contributed by atoms with van der Waals surface area (Å²) < 4.78 is 7.41. The molecule has 86 valence electrons. The molecule has 0 saturated heterocycles. The fraction of sp³-hybridized carbons (Fsp3) is 0.214. The van der Waals surface area contributed by atoms with Crippen molar-refractivity contribution in [1.82, 2.24) is 0 Å². The van der Waals surface area contributed by atoms with E-state index in [9.17, 15) is 0 Å². The number of aryl methyl sites for hydroxylation is 1. The highest BCUT2D eigenvalue weighted by Gasteiger charge is 2.26. The van der Waals surface area contributed by atoms with Crippen LogP contribution in [-0.2, 0) is 13.0 Å². The standard InChI is InChI=1S/C14H13ClNO/c1-17-11-8-13-12-5-3-2-4-10(12)6-7-16(13)14(15)9-11/h2-5,8-9H,6-7H2,1H3/q+1. The number of methoxy groups -OCH3 is 1. The molecule has 17 heavy (non-hydrogen) atoms. The quantitative estimate of drug-likeness (QED) is 0.557. The lowest BCUT2D eigenvalue weighted by Crippen LogP contribution is -2.41. The van der Waals surface area contributed by atoms with Crippen molar-refractivity contribution in [3.05, 3.63) is 47.1 Å². The molecule has 1 aromatic heterocycles. The predicted octanol–water partition coefficient (Wildman–Crippen LogP) is 2.86. The van der Waals surface area contributed by atoms with Gasteiger partial charge in [0.05, 0.1) is 19.2 Å². The normalized spacial score (nSPS) is 12.8. The van der Waals surface area contributed by atoms with E-state index in [0.29, 0.717) is 0 Å². The maximum absolute atomic E-state index is 6.28. The smallest absolute Gasteiger partial charge is 0.279 e. The molecule has 0 aliphatic carbocycles. The van der Waals surface area contributed by atoms with Crippen LogP contribution in [0.2, 0.25) is 5.15 Å². The molecule has 1 aliphatic heterocycles. The number of rotatable bonds is 1. The molecule has 3 heteroatoms. The Morgan fingerprint density at radius 3 is 2.88 bits per heavy atom. The van der Waals surface area contributed by atoms with E-state index in [2.05, 4.69) is 28.8 Å². The predicted molar refractivity (Wildman–Crippen MR) is 67.3 cm³/mol. The van der Waals surface area contributed by atoms with Gasteiger partial charge in [-0.2, -0.15) is 4.57 Å². The van der Waals surface area contributed by atoms with Crippen molar-refractivity contribution in [2.75, 3.05) is 7.11 Å². The van der Waals surface area contributed by atoms with Gasteiger partial charge in [0.2, 0.25) is 5.69 Å². The summed E-state index contributed by atoms with van der Waals surface area (Å²) in [6, 6.07) is 12.4. The summed E-state index contributed by atoms with van der Waals surface area (Å²) in [7, 11) is 1.66. The molecule has 0 amide bonds. The molecule has 0 atom stereocenters. The third-order valence-electron chi connectivity index (χ3n) is 3.22. The van der Waals surface area contributed by atoms with Crippen LogP contribution in [0.3, 0.4) is 0 Å². The zero-order valence-electron chi connectivity index (χ0n) is 9.61. The van der Waals surface area contributed by atoms with E-state index in [1.165, 1.54) is 11.1 Å². The van der Waals surface area contributed by atoms with Crippen LogP contribution in [0.5, 0.6) is 5.75 Å². The van der Waals surface area contributed by atoms with Crippen LogP contribution < -0.4 is 9.30 Å². The van der Waals surface area contributed by atoms with Gasteiger partial charge in [-0.1, -0.05) is 18.2 Å². The molecule has 2 nitrogen and oxygen atoms in total. The lowest BCUT2D eigenvalue weighted by atomic mass is 9.97. The van der Waals surface area contributed by atoms with Gasteiger partial charge >= 0.3 is 0 Å². The average Bonchev–Trinajstić information content (AvgIpc) is 2.38. The van der Waals surface area contributed by atoms with Gasteiger partial charge < -0.3 is 4.74 Å². The first-order valence-electron chi connectivity index (χ1n) is 5.65. The van der Waals surface area contributed by atoms with E-state index >= 15 is 0 Å². The first kappa shape index (κ1) is 10.6. The van der Waals surface area contributed by atoms with Gasteiger partial charge in [0, 0.05) is 12.0 Å². The summed E-state index contributed by atoms with van der Waals surface area (Å²) in [6.07, 6.45) is 1.03. The Hall–Kier alpha value is -1.54. The van der Waals surface area contributed by atoms with E-state index < -0.39 is 0 Å². The number of halogens is 1. The molecule has 0 saturated carbocycles. The van der Waals surface area contributed by atoms with E-state index in [1.54, 1.807) is 7.11 Å². The van der Waals surface area contributed by atoms with Crippen molar-refractivity contribution < 1.29 is 9.30 Å². The highest BCUT2D eigenvalue weighted by Crippen LogP contribution is 2.29. The molecule has 0 bridgehead atoms. The Kier molecular flexibility index (Phi) is 2.52. The number of aromatic nitrogens is 1. The molecule has 2 aromatic rings. The van der Waals surface area contributed by atoms with Crippen molar-refractivity contribution in [1.29, 1.82) is 0 Å². The van der Waals surface area contributed by atoms with Crippen molar-refractivity contribution in [2.24, 2.45) is 0 Å². The van der Waals surface area contributed by atoms with Gasteiger partial charge in [0.15, 0.2) is 6.54 Å². The number of fused-ring (bicyclic) bond motifs is 3. The molecule has 1 aliphatic rings. The van der Waals surface area contributed by atoms with E-state index in [4.69, 9.17) is 16.3 Å². The summed E-state index contributed by atoms with van der Waals surface area (Å²) >= 11 is 6.28. The third-order valence-corrected chi connectivity index (χ3v) is 3.54. The van der Waals surface area contributed by atoms with E-state index in [1.807, 2.05) is 12.1 Å². The highest BCUT2D eigenvalue weighted by atomic mass is 35.5. The first-order valence-corrected chi connectivity index (χ1v) is 6.03. The summed E-state index contributed by atoms with van der Waals surface area (Å²) in [6.45, 7) is 0.926. The van der Waals surface area contributed by atoms with Gasteiger partial charge in [-0.25, -0.2) is 0 Å². The summed E-state index contributed by atoms with van der Waals surface area (Å²) in [4.78, 5) is 0. The van der Waals surface area contributed by atoms with Crippen LogP contribution in [0.4, 0.5) is 0 Å². The Morgan fingerprint density at radius 2 is 2.06 bits per heavy atom. The molecule has 0 unspecified atom stereocenters.